The summed E-state index contributed by atoms with van der Waals surface area (Å²) in [5.74, 6) is -1.31. The van der Waals surface area contributed by atoms with Crippen LogP contribution in [0.4, 0.5) is 19.3 Å². The van der Waals surface area contributed by atoms with E-state index in [0.717, 1.165) is 17.9 Å². The van der Waals surface area contributed by atoms with Crippen LogP contribution in [-0.4, -0.2) is 41.6 Å². The average molecular weight is 316 g/mol. The number of nitrogens with zero attached hydrogens (tertiary/aromatic N) is 1. The highest BCUT2D eigenvalue weighted by molar-refractivity contribution is 8.00. The minimum absolute atomic E-state index is 0.0218. The molecule has 1 aromatic rings. The van der Waals surface area contributed by atoms with Crippen molar-refractivity contribution in [2.75, 3.05) is 31.3 Å². The lowest BCUT2D eigenvalue weighted by Crippen LogP contribution is -2.47. The predicted octanol–water partition coefficient (Wildman–Crippen LogP) is 3.33. The number of methoxy groups -OCH3 is 1. The fourth-order valence-electron chi connectivity index (χ4n) is 2.22. The highest BCUT2D eigenvalue weighted by Gasteiger charge is 2.29. The van der Waals surface area contributed by atoms with Gasteiger partial charge in [0.25, 0.3) is 0 Å². The second-order valence-electron chi connectivity index (χ2n) is 5.43. The van der Waals surface area contributed by atoms with Crippen molar-refractivity contribution in [3.05, 3.63) is 23.8 Å². The Morgan fingerprint density at radius 2 is 2.00 bits per heavy atom. The van der Waals surface area contributed by atoms with Crippen LogP contribution in [0.5, 0.6) is 5.75 Å². The van der Waals surface area contributed by atoms with Crippen LogP contribution in [0.1, 0.15) is 13.8 Å². The van der Waals surface area contributed by atoms with E-state index in [1.165, 1.54) is 7.11 Å². The molecule has 1 aliphatic heterocycles. The van der Waals surface area contributed by atoms with E-state index in [4.69, 9.17) is 0 Å². The molecule has 0 atom stereocenters. The van der Waals surface area contributed by atoms with E-state index in [0.29, 0.717) is 13.1 Å². The Hall–Kier alpha value is -1.50. The summed E-state index contributed by atoms with van der Waals surface area (Å²) in [4.78, 5) is 13.8. The Kier molecular flexibility index (Phi) is 4.61. The number of halogens is 2. The normalized spacial score (nSPS) is 17.5. The summed E-state index contributed by atoms with van der Waals surface area (Å²) in [5, 5.41) is 2.52. The van der Waals surface area contributed by atoms with Gasteiger partial charge in [0.1, 0.15) is 0 Å². The van der Waals surface area contributed by atoms with E-state index in [9.17, 15) is 13.6 Å². The summed E-state index contributed by atoms with van der Waals surface area (Å²) in [6.07, 6.45) is 0. The van der Waals surface area contributed by atoms with Crippen molar-refractivity contribution in [3.8, 4) is 5.75 Å². The maximum Gasteiger partial charge on any atom is 0.321 e. The fourth-order valence-corrected chi connectivity index (χ4v) is 3.33. The first-order chi connectivity index (χ1) is 9.82. The smallest absolute Gasteiger partial charge is 0.321 e. The first kappa shape index (κ1) is 15.9. The molecular weight excluding hydrogens is 298 g/mol. The quantitative estimate of drug-likeness (QED) is 0.910. The zero-order valence-electron chi connectivity index (χ0n) is 12.2. The molecule has 0 bridgehead atoms. The lowest BCUT2D eigenvalue weighted by molar-refractivity contribution is 0.208. The first-order valence-corrected chi connectivity index (χ1v) is 7.54. The number of urea groups is 1. The number of anilines is 1. The number of amides is 2. The van der Waals surface area contributed by atoms with Crippen molar-refractivity contribution in [1.82, 2.24) is 4.90 Å². The van der Waals surface area contributed by atoms with Crippen LogP contribution in [0.2, 0.25) is 0 Å². The van der Waals surface area contributed by atoms with E-state index >= 15 is 0 Å². The lowest BCUT2D eigenvalue weighted by atomic mass is 10.2. The Morgan fingerprint density at radius 1 is 1.38 bits per heavy atom. The molecule has 4 nitrogen and oxygen atoms in total. The maximum absolute atomic E-state index is 13.6. The van der Waals surface area contributed by atoms with E-state index in [1.807, 2.05) is 0 Å². The number of carbonyl (C=O) groups is 1. The summed E-state index contributed by atoms with van der Waals surface area (Å²) in [7, 11) is 1.19. The number of hydrogen-bond acceptors (Lipinski definition) is 3. The standard InChI is InChI=1S/C14H18F2N2O2S/c1-14(2)8-18(4-5-21-14)13(19)17-9-6-10(15)12(20-3)11(16)7-9/h6-7H,4-5,8H2,1-3H3,(H,17,19). The Morgan fingerprint density at radius 3 is 2.52 bits per heavy atom. The number of hydrogen-bond donors (Lipinski definition) is 1. The van der Waals surface area contributed by atoms with Gasteiger partial charge in [-0.1, -0.05) is 0 Å². The molecule has 1 saturated heterocycles. The molecule has 1 heterocycles. The van der Waals surface area contributed by atoms with Crippen molar-refractivity contribution in [1.29, 1.82) is 0 Å². The van der Waals surface area contributed by atoms with Crippen molar-refractivity contribution >= 4 is 23.5 Å². The van der Waals surface area contributed by atoms with Crippen LogP contribution in [-0.2, 0) is 0 Å². The van der Waals surface area contributed by atoms with Gasteiger partial charge in [0, 0.05) is 41.4 Å². The van der Waals surface area contributed by atoms with E-state index in [-0.39, 0.29) is 16.5 Å². The van der Waals surface area contributed by atoms with Gasteiger partial charge >= 0.3 is 6.03 Å². The predicted molar refractivity (Wildman–Crippen MR) is 80.0 cm³/mol. The monoisotopic (exact) mass is 316 g/mol. The molecule has 0 aromatic heterocycles. The summed E-state index contributed by atoms with van der Waals surface area (Å²) < 4.78 is 31.8. The summed E-state index contributed by atoms with van der Waals surface area (Å²) >= 11 is 1.80. The molecule has 0 radical (unpaired) electrons. The van der Waals surface area contributed by atoms with E-state index in [2.05, 4.69) is 23.9 Å². The first-order valence-electron chi connectivity index (χ1n) is 6.55. The lowest BCUT2D eigenvalue weighted by Gasteiger charge is -2.37. The third-order valence-corrected chi connectivity index (χ3v) is 4.46. The molecule has 0 aliphatic carbocycles. The summed E-state index contributed by atoms with van der Waals surface area (Å²) in [6.45, 7) is 5.32. The molecule has 1 aliphatic rings. The van der Waals surface area contributed by atoms with Crippen molar-refractivity contribution in [2.45, 2.75) is 18.6 Å². The molecule has 0 saturated carbocycles. The zero-order chi connectivity index (χ0) is 15.6. The Balaban J connectivity index is 2.09. The summed E-state index contributed by atoms with van der Waals surface area (Å²) in [6, 6.07) is 1.74. The van der Waals surface area contributed by atoms with Gasteiger partial charge < -0.3 is 15.0 Å². The van der Waals surface area contributed by atoms with Crippen LogP contribution in [0, 0.1) is 11.6 Å². The summed E-state index contributed by atoms with van der Waals surface area (Å²) in [5.41, 5.74) is 0.0758. The molecular formula is C14H18F2N2O2S. The minimum Gasteiger partial charge on any atom is -0.491 e. The van der Waals surface area contributed by atoms with Gasteiger partial charge in [-0.15, -0.1) is 0 Å². The molecule has 0 spiro atoms. The van der Waals surface area contributed by atoms with Gasteiger partial charge in [-0.2, -0.15) is 11.8 Å². The van der Waals surface area contributed by atoms with E-state index in [1.54, 1.807) is 16.7 Å². The van der Waals surface area contributed by atoms with Crippen molar-refractivity contribution in [2.24, 2.45) is 0 Å². The maximum atomic E-state index is 13.6. The molecule has 2 rings (SSSR count). The Labute approximate surface area is 126 Å². The third kappa shape index (κ3) is 3.78. The van der Waals surface area contributed by atoms with Gasteiger partial charge in [-0.05, 0) is 13.8 Å². The highest BCUT2D eigenvalue weighted by atomic mass is 32.2. The Bertz CT molecular complexity index is 529. The molecule has 0 unspecified atom stereocenters. The van der Waals surface area contributed by atoms with Crippen molar-refractivity contribution < 1.29 is 18.3 Å². The highest BCUT2D eigenvalue weighted by Crippen LogP contribution is 2.30. The number of ether oxygens (including phenoxy) is 1. The molecule has 1 fully saturated rings. The third-order valence-electron chi connectivity index (χ3n) is 3.17. The van der Waals surface area contributed by atoms with Gasteiger partial charge in [0.15, 0.2) is 17.4 Å². The molecule has 116 valence electrons. The van der Waals surface area contributed by atoms with Gasteiger partial charge in [-0.25, -0.2) is 13.6 Å². The number of carbonyl (C=O) groups excluding carboxylic acids is 1. The average Bonchev–Trinajstić information content (AvgIpc) is 2.37. The molecule has 1 aromatic carbocycles. The van der Waals surface area contributed by atoms with Crippen LogP contribution in [0.3, 0.4) is 0 Å². The topological polar surface area (TPSA) is 41.6 Å². The van der Waals surface area contributed by atoms with E-state index < -0.39 is 17.4 Å². The minimum atomic E-state index is -0.845. The SMILES string of the molecule is COc1c(F)cc(NC(=O)N2CCSC(C)(C)C2)cc1F. The van der Waals surface area contributed by atoms with Gasteiger partial charge in [0.2, 0.25) is 0 Å². The molecule has 2 amide bonds. The van der Waals surface area contributed by atoms with Crippen LogP contribution in [0.15, 0.2) is 12.1 Å². The molecule has 21 heavy (non-hydrogen) atoms. The second-order valence-corrected chi connectivity index (χ2v) is 7.24. The second kappa shape index (κ2) is 6.09. The fraction of sp³-hybridized carbons (Fsp3) is 0.500. The number of rotatable bonds is 2. The molecule has 1 N–H and O–H groups in total. The largest absolute Gasteiger partial charge is 0.491 e. The van der Waals surface area contributed by atoms with Crippen LogP contribution < -0.4 is 10.1 Å². The number of benzene rings is 1. The van der Waals surface area contributed by atoms with Gasteiger partial charge in [-0.3, -0.25) is 0 Å². The van der Waals surface area contributed by atoms with Crippen molar-refractivity contribution in [3.63, 3.8) is 0 Å². The zero-order valence-corrected chi connectivity index (χ0v) is 13.0. The molecule has 7 heteroatoms. The van der Waals surface area contributed by atoms with Gasteiger partial charge in [0.05, 0.1) is 7.11 Å². The van der Waals surface area contributed by atoms with Crippen LogP contribution >= 0.6 is 11.8 Å². The number of thioether (sulfide) groups is 1. The van der Waals surface area contributed by atoms with Crippen LogP contribution in [0.25, 0.3) is 0 Å². The number of nitrogens with one attached hydrogen (secondary N) is 1.